The monoisotopic (exact) mass is 486 g/mol. The van der Waals surface area contributed by atoms with Crippen LogP contribution in [0.5, 0.6) is 0 Å². The van der Waals surface area contributed by atoms with Crippen LogP contribution in [-0.4, -0.2) is 0 Å². The Hall–Kier alpha value is -5.08. The lowest BCUT2D eigenvalue weighted by Crippen LogP contribution is -1.93. The van der Waals surface area contributed by atoms with Gasteiger partial charge in [-0.15, -0.1) is 0 Å². The maximum absolute atomic E-state index is 3.56. The highest BCUT2D eigenvalue weighted by Gasteiger charge is 2.10. The SMILES string of the molecule is c1ccc2c(c1)-c1ccc(cc1)Nc1ccc(cc1)-c1ccccc1-c1ccc(cc1)Nc1ccc-2cc1. The van der Waals surface area contributed by atoms with Crippen molar-refractivity contribution in [3.63, 3.8) is 0 Å². The molecule has 0 spiro atoms. The van der Waals surface area contributed by atoms with E-state index in [0.29, 0.717) is 0 Å². The molecule has 0 aliphatic carbocycles. The van der Waals surface area contributed by atoms with E-state index >= 15 is 0 Å². The van der Waals surface area contributed by atoms with E-state index < -0.39 is 0 Å². The number of hydrogen-bond acceptors (Lipinski definition) is 2. The van der Waals surface area contributed by atoms with Crippen molar-refractivity contribution in [2.24, 2.45) is 0 Å². The van der Waals surface area contributed by atoms with Gasteiger partial charge >= 0.3 is 0 Å². The molecule has 38 heavy (non-hydrogen) atoms. The van der Waals surface area contributed by atoms with Gasteiger partial charge < -0.3 is 10.6 Å². The molecule has 0 radical (unpaired) electrons. The predicted octanol–water partition coefficient (Wildman–Crippen LogP) is 10.2. The Balaban J connectivity index is 1.35. The summed E-state index contributed by atoms with van der Waals surface area (Å²) in [6.45, 7) is 0. The molecule has 0 unspecified atom stereocenters. The Morgan fingerprint density at radius 1 is 0.237 bits per heavy atom. The zero-order valence-corrected chi connectivity index (χ0v) is 20.9. The molecule has 180 valence electrons. The van der Waals surface area contributed by atoms with Crippen LogP contribution in [0.2, 0.25) is 0 Å². The molecule has 2 heteroatoms. The van der Waals surface area contributed by atoms with Gasteiger partial charge in [-0.3, -0.25) is 0 Å². The van der Waals surface area contributed by atoms with Crippen LogP contribution in [0.15, 0.2) is 146 Å². The zero-order chi connectivity index (χ0) is 25.3. The van der Waals surface area contributed by atoms with E-state index in [-0.39, 0.29) is 0 Å². The number of benzene rings is 6. The Morgan fingerprint density at radius 3 is 0.658 bits per heavy atom. The van der Waals surface area contributed by atoms with Crippen molar-refractivity contribution < 1.29 is 0 Å². The third-order valence-corrected chi connectivity index (χ3v) is 7.22. The second-order valence-corrected chi connectivity index (χ2v) is 9.65. The van der Waals surface area contributed by atoms with Crippen molar-refractivity contribution in [2.45, 2.75) is 0 Å². The van der Waals surface area contributed by atoms with E-state index in [9.17, 15) is 0 Å². The van der Waals surface area contributed by atoms with Crippen LogP contribution in [-0.2, 0) is 0 Å². The highest BCUT2D eigenvalue weighted by molar-refractivity contribution is 5.86. The lowest BCUT2D eigenvalue weighted by molar-refractivity contribution is 1.51. The summed E-state index contributed by atoms with van der Waals surface area (Å²) in [6, 6.07) is 51.9. The van der Waals surface area contributed by atoms with Gasteiger partial charge in [0.25, 0.3) is 0 Å². The molecule has 6 aromatic carbocycles. The van der Waals surface area contributed by atoms with Gasteiger partial charge in [-0.05, 0) is 93.0 Å². The second-order valence-electron chi connectivity index (χ2n) is 9.65. The molecule has 0 saturated heterocycles. The predicted molar refractivity (Wildman–Crippen MR) is 161 cm³/mol. The minimum atomic E-state index is 1.07. The minimum absolute atomic E-state index is 1.07. The maximum atomic E-state index is 3.56. The first-order valence-corrected chi connectivity index (χ1v) is 12.9. The first kappa shape index (κ1) is 22.1. The number of nitrogens with one attached hydrogen (secondary N) is 2. The molecule has 0 fully saturated rings. The van der Waals surface area contributed by atoms with Crippen LogP contribution in [0.25, 0.3) is 44.5 Å². The molecule has 7 aliphatic heterocycles. The second kappa shape index (κ2) is 9.42. The largest absolute Gasteiger partial charge is 0.356 e. The van der Waals surface area contributed by atoms with E-state index in [1.54, 1.807) is 0 Å². The average Bonchev–Trinajstić information content (AvgIpc) is 2.99. The quantitative estimate of drug-likeness (QED) is 0.223. The van der Waals surface area contributed by atoms with Crippen molar-refractivity contribution in [1.29, 1.82) is 0 Å². The minimum Gasteiger partial charge on any atom is -0.356 e. The van der Waals surface area contributed by atoms with Gasteiger partial charge in [-0.1, -0.05) is 97.1 Å². The Morgan fingerprint density at radius 2 is 0.447 bits per heavy atom. The Bertz CT molecular complexity index is 1450. The Kier molecular flexibility index (Phi) is 5.49. The maximum Gasteiger partial charge on any atom is 0.0384 e. The summed E-state index contributed by atoms with van der Waals surface area (Å²) in [7, 11) is 0. The third-order valence-electron chi connectivity index (χ3n) is 7.22. The molecule has 7 aliphatic rings. The molecule has 0 aromatic heterocycles. The average molecular weight is 487 g/mol. The fraction of sp³-hybridized carbons (Fsp3) is 0. The summed E-state index contributed by atoms with van der Waals surface area (Å²) in [5.74, 6) is 0. The van der Waals surface area contributed by atoms with Gasteiger partial charge in [0.1, 0.15) is 0 Å². The molecular weight excluding hydrogens is 460 g/mol. The molecule has 13 rings (SSSR count). The van der Waals surface area contributed by atoms with E-state index in [0.717, 1.165) is 22.7 Å². The molecule has 0 amide bonds. The summed E-state index contributed by atoms with van der Waals surface area (Å²) < 4.78 is 0. The smallest absolute Gasteiger partial charge is 0.0384 e. The third kappa shape index (κ3) is 4.23. The van der Waals surface area contributed by atoms with Gasteiger partial charge in [0.05, 0.1) is 0 Å². The Labute approximate surface area is 223 Å². The summed E-state index contributed by atoms with van der Waals surface area (Å²) in [6.07, 6.45) is 0. The molecule has 7 heterocycles. The van der Waals surface area contributed by atoms with E-state index in [1.807, 2.05) is 0 Å². The van der Waals surface area contributed by atoms with Gasteiger partial charge in [0.2, 0.25) is 0 Å². The van der Waals surface area contributed by atoms with E-state index in [4.69, 9.17) is 0 Å². The van der Waals surface area contributed by atoms with Gasteiger partial charge in [-0.25, -0.2) is 0 Å². The molecule has 0 atom stereocenters. The molecule has 6 aromatic rings. The van der Waals surface area contributed by atoms with Crippen LogP contribution >= 0.6 is 0 Å². The molecule has 2 N–H and O–H groups in total. The number of hydrogen-bond donors (Lipinski definition) is 2. The summed E-state index contributed by atoms with van der Waals surface area (Å²) in [4.78, 5) is 0. The highest BCUT2D eigenvalue weighted by Crippen LogP contribution is 2.36. The normalized spacial score (nSPS) is 11.6. The van der Waals surface area contributed by atoms with Crippen molar-refractivity contribution >= 4 is 22.7 Å². The van der Waals surface area contributed by atoms with Crippen LogP contribution in [0.1, 0.15) is 0 Å². The van der Waals surface area contributed by atoms with Gasteiger partial charge in [0, 0.05) is 22.7 Å². The zero-order valence-electron chi connectivity index (χ0n) is 20.9. The lowest BCUT2D eigenvalue weighted by atomic mass is 9.94. The first-order chi connectivity index (χ1) is 18.8. The lowest BCUT2D eigenvalue weighted by Gasteiger charge is -2.15. The van der Waals surface area contributed by atoms with Crippen LogP contribution in [0, 0.1) is 0 Å². The topological polar surface area (TPSA) is 24.1 Å². The van der Waals surface area contributed by atoms with Crippen LogP contribution in [0.4, 0.5) is 22.7 Å². The summed E-state index contributed by atoms with van der Waals surface area (Å²) in [5, 5.41) is 7.12. The molecule has 8 bridgehead atoms. The van der Waals surface area contributed by atoms with E-state index in [1.165, 1.54) is 44.5 Å². The van der Waals surface area contributed by atoms with Crippen LogP contribution < -0.4 is 10.6 Å². The standard InChI is InChI=1S/C36H26N2/c1-2-6-34-26-11-19-30(20-12-26)38-32-23-15-28(16-24-32)36-8-4-3-7-35(36)27-13-21-31(22-14-27)37-29-17-9-25(10-18-29)33(34)5-1/h1-24,37-38H. The van der Waals surface area contributed by atoms with Crippen molar-refractivity contribution in [3.05, 3.63) is 146 Å². The highest BCUT2D eigenvalue weighted by atomic mass is 14.9. The van der Waals surface area contributed by atoms with Crippen molar-refractivity contribution in [1.82, 2.24) is 0 Å². The molecule has 0 saturated carbocycles. The van der Waals surface area contributed by atoms with Crippen molar-refractivity contribution in [3.8, 4) is 44.5 Å². The summed E-state index contributed by atoms with van der Waals surface area (Å²) in [5.41, 5.74) is 13.9. The summed E-state index contributed by atoms with van der Waals surface area (Å²) >= 11 is 0. The number of anilines is 4. The molecular formula is C36H26N2. The van der Waals surface area contributed by atoms with Gasteiger partial charge in [-0.2, -0.15) is 0 Å². The fourth-order valence-electron chi connectivity index (χ4n) is 5.24. The van der Waals surface area contributed by atoms with Crippen molar-refractivity contribution in [2.75, 3.05) is 10.6 Å². The van der Waals surface area contributed by atoms with Crippen LogP contribution in [0.3, 0.4) is 0 Å². The fourth-order valence-corrected chi connectivity index (χ4v) is 5.24. The first-order valence-electron chi connectivity index (χ1n) is 12.9. The number of rotatable bonds is 0. The van der Waals surface area contributed by atoms with E-state index in [2.05, 4.69) is 156 Å². The van der Waals surface area contributed by atoms with Gasteiger partial charge in [0.15, 0.2) is 0 Å². The molecule has 2 nitrogen and oxygen atoms in total.